The zero-order valence-corrected chi connectivity index (χ0v) is 13.7. The van der Waals surface area contributed by atoms with Gasteiger partial charge in [-0.3, -0.25) is 9.59 Å². The number of amides is 3. The van der Waals surface area contributed by atoms with E-state index in [1.54, 1.807) is 21.9 Å². The summed E-state index contributed by atoms with van der Waals surface area (Å²) in [5, 5.41) is 2.82. The third-order valence-corrected chi connectivity index (χ3v) is 4.46. The molecule has 0 spiro atoms. The average molecular weight is 331 g/mol. The molecular weight excluding hydrogens is 310 g/mol. The van der Waals surface area contributed by atoms with Gasteiger partial charge in [-0.15, -0.1) is 0 Å². The molecule has 1 aromatic carbocycles. The van der Waals surface area contributed by atoms with E-state index < -0.39 is 0 Å². The van der Waals surface area contributed by atoms with Gasteiger partial charge in [0.25, 0.3) is 5.91 Å². The van der Waals surface area contributed by atoms with Crippen LogP contribution in [-0.2, 0) is 16.0 Å². The van der Waals surface area contributed by atoms with Crippen LogP contribution in [0.2, 0.25) is 0 Å². The molecule has 0 bridgehead atoms. The molecule has 1 saturated heterocycles. The molecule has 2 aliphatic heterocycles. The van der Waals surface area contributed by atoms with Gasteiger partial charge in [-0.2, -0.15) is 0 Å². The summed E-state index contributed by atoms with van der Waals surface area (Å²) in [5.41, 5.74) is 2.40. The standard InChI is InChI=1S/C17H21N3O4/c1-24-17(23)20-8-2-7-19(9-10-20)16(22)13-3-5-14-12(11-13)4-6-15(21)18-14/h3,5,11H,2,4,6-10H2,1H3,(H,18,21). The number of nitrogens with zero attached hydrogens (tertiary/aromatic N) is 2. The lowest BCUT2D eigenvalue weighted by Gasteiger charge is -2.23. The number of rotatable bonds is 1. The van der Waals surface area contributed by atoms with Gasteiger partial charge < -0.3 is 19.9 Å². The number of fused-ring (bicyclic) bond motifs is 1. The second-order valence-electron chi connectivity index (χ2n) is 6.02. The van der Waals surface area contributed by atoms with E-state index in [-0.39, 0.29) is 17.9 Å². The summed E-state index contributed by atoms with van der Waals surface area (Å²) >= 11 is 0. The van der Waals surface area contributed by atoms with Crippen molar-refractivity contribution in [1.29, 1.82) is 0 Å². The minimum Gasteiger partial charge on any atom is -0.453 e. The van der Waals surface area contributed by atoms with Crippen molar-refractivity contribution in [3.8, 4) is 0 Å². The first-order chi connectivity index (χ1) is 11.6. The van der Waals surface area contributed by atoms with E-state index in [0.717, 1.165) is 17.7 Å². The smallest absolute Gasteiger partial charge is 0.409 e. The van der Waals surface area contributed by atoms with E-state index >= 15 is 0 Å². The Morgan fingerprint density at radius 1 is 1.08 bits per heavy atom. The van der Waals surface area contributed by atoms with Crippen LogP contribution in [0.15, 0.2) is 18.2 Å². The molecule has 1 fully saturated rings. The third-order valence-electron chi connectivity index (χ3n) is 4.46. The van der Waals surface area contributed by atoms with Crippen molar-refractivity contribution in [3.05, 3.63) is 29.3 Å². The zero-order valence-electron chi connectivity index (χ0n) is 13.7. The summed E-state index contributed by atoms with van der Waals surface area (Å²) in [6, 6.07) is 5.40. The maximum Gasteiger partial charge on any atom is 0.409 e. The van der Waals surface area contributed by atoms with Crippen LogP contribution >= 0.6 is 0 Å². The number of methoxy groups -OCH3 is 1. The number of carbonyl (C=O) groups excluding carboxylic acids is 3. The number of carbonyl (C=O) groups is 3. The zero-order chi connectivity index (χ0) is 17.1. The van der Waals surface area contributed by atoms with Crippen LogP contribution in [0.1, 0.15) is 28.8 Å². The maximum absolute atomic E-state index is 12.8. The Labute approximate surface area is 140 Å². The SMILES string of the molecule is COC(=O)N1CCCN(C(=O)c2ccc3c(c2)CCC(=O)N3)CC1. The minimum atomic E-state index is -0.353. The Morgan fingerprint density at radius 2 is 1.83 bits per heavy atom. The fourth-order valence-corrected chi connectivity index (χ4v) is 3.13. The second kappa shape index (κ2) is 6.90. The number of anilines is 1. The fraction of sp³-hybridized carbons (Fsp3) is 0.471. The lowest BCUT2D eigenvalue weighted by atomic mass is 10.00. The third kappa shape index (κ3) is 3.34. The highest BCUT2D eigenvalue weighted by Crippen LogP contribution is 2.24. The predicted molar refractivity (Wildman–Crippen MR) is 87.9 cm³/mol. The first kappa shape index (κ1) is 16.3. The van der Waals surface area contributed by atoms with E-state index in [0.29, 0.717) is 44.6 Å². The molecule has 0 aliphatic carbocycles. The Kier molecular flexibility index (Phi) is 4.69. The highest BCUT2D eigenvalue weighted by Gasteiger charge is 2.24. The summed E-state index contributed by atoms with van der Waals surface area (Å²) in [4.78, 5) is 39.2. The Hall–Kier alpha value is -2.57. The summed E-state index contributed by atoms with van der Waals surface area (Å²) in [6.45, 7) is 2.16. The molecule has 0 unspecified atom stereocenters. The second-order valence-corrected chi connectivity index (χ2v) is 6.02. The summed E-state index contributed by atoms with van der Waals surface area (Å²) < 4.78 is 4.75. The van der Waals surface area contributed by atoms with Gasteiger partial charge in [0, 0.05) is 43.9 Å². The maximum atomic E-state index is 12.8. The van der Waals surface area contributed by atoms with Crippen molar-refractivity contribution in [2.75, 3.05) is 38.6 Å². The summed E-state index contributed by atoms with van der Waals surface area (Å²) in [7, 11) is 1.36. The van der Waals surface area contributed by atoms with E-state index in [1.807, 2.05) is 6.07 Å². The fourth-order valence-electron chi connectivity index (χ4n) is 3.13. The van der Waals surface area contributed by atoms with Gasteiger partial charge in [0.1, 0.15) is 0 Å². The molecule has 1 N–H and O–H groups in total. The number of aryl methyl sites for hydroxylation is 1. The Morgan fingerprint density at radius 3 is 2.62 bits per heavy atom. The molecule has 2 heterocycles. The lowest BCUT2D eigenvalue weighted by Crippen LogP contribution is -2.37. The normalized spacial score (nSPS) is 17.6. The molecule has 0 aromatic heterocycles. The van der Waals surface area contributed by atoms with Gasteiger partial charge in [0.05, 0.1) is 7.11 Å². The van der Waals surface area contributed by atoms with Crippen LogP contribution in [0.4, 0.5) is 10.5 Å². The highest BCUT2D eigenvalue weighted by molar-refractivity contribution is 5.98. The van der Waals surface area contributed by atoms with Gasteiger partial charge in [0.2, 0.25) is 5.91 Å². The molecule has 0 radical (unpaired) electrons. The molecule has 24 heavy (non-hydrogen) atoms. The molecule has 3 amide bonds. The summed E-state index contributed by atoms with van der Waals surface area (Å²) in [6.07, 6.45) is 1.47. The molecule has 3 rings (SSSR count). The van der Waals surface area contributed by atoms with Crippen LogP contribution in [0.5, 0.6) is 0 Å². The minimum absolute atomic E-state index is 0.0111. The van der Waals surface area contributed by atoms with Crippen LogP contribution in [-0.4, -0.2) is 61.0 Å². The number of ether oxygens (including phenoxy) is 1. The van der Waals surface area contributed by atoms with Gasteiger partial charge in [-0.25, -0.2) is 4.79 Å². The van der Waals surface area contributed by atoms with Crippen molar-refractivity contribution in [2.45, 2.75) is 19.3 Å². The van der Waals surface area contributed by atoms with Crippen LogP contribution < -0.4 is 5.32 Å². The van der Waals surface area contributed by atoms with Crippen molar-refractivity contribution < 1.29 is 19.1 Å². The van der Waals surface area contributed by atoms with E-state index in [9.17, 15) is 14.4 Å². The molecule has 0 atom stereocenters. The molecule has 1 aromatic rings. The molecule has 128 valence electrons. The summed E-state index contributed by atoms with van der Waals surface area (Å²) in [5.74, 6) is -0.0292. The average Bonchev–Trinajstić information content (AvgIpc) is 2.86. The molecule has 2 aliphatic rings. The molecule has 0 saturated carbocycles. The van der Waals surface area contributed by atoms with Gasteiger partial charge in [-0.1, -0.05) is 0 Å². The molecule has 7 heteroatoms. The largest absolute Gasteiger partial charge is 0.453 e. The van der Waals surface area contributed by atoms with Crippen molar-refractivity contribution in [1.82, 2.24) is 9.80 Å². The van der Waals surface area contributed by atoms with E-state index in [2.05, 4.69) is 5.32 Å². The van der Waals surface area contributed by atoms with Gasteiger partial charge in [0.15, 0.2) is 0 Å². The van der Waals surface area contributed by atoms with Crippen molar-refractivity contribution >= 4 is 23.6 Å². The Balaban J connectivity index is 1.70. The quantitative estimate of drug-likeness (QED) is 0.845. The number of hydrogen-bond acceptors (Lipinski definition) is 4. The van der Waals surface area contributed by atoms with Crippen LogP contribution in [0.25, 0.3) is 0 Å². The van der Waals surface area contributed by atoms with Crippen molar-refractivity contribution in [2.24, 2.45) is 0 Å². The molecular formula is C17H21N3O4. The molecule has 7 nitrogen and oxygen atoms in total. The predicted octanol–water partition coefficient (Wildman–Crippen LogP) is 1.49. The van der Waals surface area contributed by atoms with E-state index in [1.165, 1.54) is 7.11 Å². The first-order valence-corrected chi connectivity index (χ1v) is 8.13. The number of benzene rings is 1. The first-order valence-electron chi connectivity index (χ1n) is 8.13. The van der Waals surface area contributed by atoms with Crippen molar-refractivity contribution in [3.63, 3.8) is 0 Å². The lowest BCUT2D eigenvalue weighted by molar-refractivity contribution is -0.116. The topological polar surface area (TPSA) is 79.0 Å². The van der Waals surface area contributed by atoms with E-state index in [4.69, 9.17) is 4.74 Å². The van der Waals surface area contributed by atoms with Gasteiger partial charge in [-0.05, 0) is 36.6 Å². The van der Waals surface area contributed by atoms with Crippen LogP contribution in [0, 0.1) is 0 Å². The number of nitrogens with one attached hydrogen (secondary N) is 1. The monoisotopic (exact) mass is 331 g/mol. The number of hydrogen-bond donors (Lipinski definition) is 1. The Bertz CT molecular complexity index is 674. The van der Waals surface area contributed by atoms with Crippen LogP contribution in [0.3, 0.4) is 0 Å². The van der Waals surface area contributed by atoms with Gasteiger partial charge >= 0.3 is 6.09 Å². The highest BCUT2D eigenvalue weighted by atomic mass is 16.5.